The first-order valence-corrected chi connectivity index (χ1v) is 12.9. The molecule has 1 aliphatic rings. The Labute approximate surface area is 189 Å². The van der Waals surface area contributed by atoms with Gasteiger partial charge < -0.3 is 0 Å². The number of hydrogen-bond acceptors (Lipinski definition) is 8. The Morgan fingerprint density at radius 1 is 1.41 bits per heavy atom. The van der Waals surface area contributed by atoms with Crippen molar-refractivity contribution < 1.29 is 23.2 Å². The molecule has 2 N–H and O–H groups in total. The first kappa shape index (κ1) is 30.4. The molecule has 10 nitrogen and oxygen atoms in total. The monoisotopic (exact) mass is 624 g/mol. The molecule has 2 heterocycles. The molecule has 3 unspecified atom stereocenters. The third-order valence-electron chi connectivity index (χ3n) is 3.27. The van der Waals surface area contributed by atoms with Gasteiger partial charge in [0.2, 0.25) is 0 Å². The van der Waals surface area contributed by atoms with Crippen LogP contribution < -0.4 is 8.82 Å². The van der Waals surface area contributed by atoms with Gasteiger partial charge >= 0.3 is 130 Å². The summed E-state index contributed by atoms with van der Waals surface area (Å²) in [5.74, 6) is 0.537. The predicted molar refractivity (Wildman–Crippen MR) is 112 cm³/mol. The molecule has 0 bridgehead atoms. The van der Waals surface area contributed by atoms with E-state index < -0.39 is 25.8 Å². The summed E-state index contributed by atoms with van der Waals surface area (Å²) in [5.41, 5.74) is -0.417. The molecule has 0 spiro atoms. The van der Waals surface area contributed by atoms with Gasteiger partial charge in [-0.3, -0.25) is 0 Å². The number of ether oxygens (including phenoxy) is 1. The molecular formula is C17H32N4O6PTl. The molecule has 1 fully saturated rings. The summed E-state index contributed by atoms with van der Waals surface area (Å²) in [6.45, 7) is 7.68. The number of phosphoric acid groups is 1. The van der Waals surface area contributed by atoms with Gasteiger partial charge in [-0.05, 0) is 0 Å². The zero-order valence-corrected chi connectivity index (χ0v) is 22.1. The maximum atomic E-state index is 11.9. The summed E-state index contributed by atoms with van der Waals surface area (Å²) in [6.07, 6.45) is 1.82. The number of nitriles is 1. The number of nitrogens with zero attached hydrogens (tertiary/aromatic N) is 3. The first-order chi connectivity index (χ1) is 13.4. The SMILES string of the molecule is C.CC.CC.N#CCCOP(=O)(O)OCC1CCC(n2ccc([NH][Tl])nc2=O)O1. The van der Waals surface area contributed by atoms with Crippen molar-refractivity contribution in [2.24, 2.45) is 0 Å². The van der Waals surface area contributed by atoms with Crippen molar-refractivity contribution in [1.82, 2.24) is 9.55 Å². The van der Waals surface area contributed by atoms with Gasteiger partial charge in [-0.25, -0.2) is 0 Å². The topological polar surface area (TPSA) is 136 Å². The van der Waals surface area contributed by atoms with Gasteiger partial charge in [-0.1, -0.05) is 35.1 Å². The quantitative estimate of drug-likeness (QED) is 0.254. The summed E-state index contributed by atoms with van der Waals surface area (Å²) in [7, 11) is -4.20. The molecule has 0 radical (unpaired) electrons. The van der Waals surface area contributed by atoms with Crippen LogP contribution in [0, 0.1) is 11.3 Å². The summed E-state index contributed by atoms with van der Waals surface area (Å²) < 4.78 is 31.1. The normalized spacial score (nSPS) is 19.1. The van der Waals surface area contributed by atoms with Crippen LogP contribution in [0.5, 0.6) is 0 Å². The average Bonchev–Trinajstić information content (AvgIpc) is 3.18. The fourth-order valence-electron chi connectivity index (χ4n) is 2.15. The Bertz CT molecular complexity index is 712. The van der Waals surface area contributed by atoms with Gasteiger partial charge in [0.05, 0.1) is 19.1 Å². The van der Waals surface area contributed by atoms with E-state index in [2.05, 4.69) is 12.6 Å². The van der Waals surface area contributed by atoms with E-state index in [-0.39, 0.29) is 27.1 Å². The van der Waals surface area contributed by atoms with Crippen molar-refractivity contribution in [3.05, 3.63) is 22.7 Å². The minimum atomic E-state index is -4.20. The molecule has 3 atom stereocenters. The van der Waals surface area contributed by atoms with Crippen molar-refractivity contribution in [3.63, 3.8) is 0 Å². The molecule has 1 saturated heterocycles. The van der Waals surface area contributed by atoms with E-state index in [9.17, 15) is 14.3 Å². The molecular weight excluding hydrogens is 592 g/mol. The number of nitrogens with one attached hydrogen (secondary N) is 1. The maximum absolute atomic E-state index is 11.9. The molecule has 1 aromatic rings. The molecule has 0 saturated carbocycles. The number of anilines is 1. The van der Waals surface area contributed by atoms with Crippen LogP contribution in [-0.2, 0) is 18.3 Å². The fraction of sp³-hybridized carbons (Fsp3) is 0.706. The molecule has 0 aromatic carbocycles. The van der Waals surface area contributed by atoms with Crippen molar-refractivity contribution in [3.8, 4) is 6.07 Å². The van der Waals surface area contributed by atoms with Crippen LogP contribution in [0.15, 0.2) is 17.1 Å². The Morgan fingerprint density at radius 3 is 2.62 bits per heavy atom. The number of phosphoric ester groups is 1. The van der Waals surface area contributed by atoms with Crippen molar-refractivity contribution in [2.45, 2.75) is 66.7 Å². The second kappa shape index (κ2) is 16.9. The van der Waals surface area contributed by atoms with E-state index in [0.29, 0.717) is 44.7 Å². The van der Waals surface area contributed by atoms with E-state index in [1.165, 1.54) is 4.57 Å². The first-order valence-electron chi connectivity index (χ1n) is 9.15. The van der Waals surface area contributed by atoms with Crippen molar-refractivity contribution in [2.75, 3.05) is 16.3 Å². The van der Waals surface area contributed by atoms with Crippen LogP contribution in [0.1, 0.15) is 60.6 Å². The van der Waals surface area contributed by atoms with Crippen LogP contribution in [0.4, 0.5) is 5.82 Å². The molecule has 29 heavy (non-hydrogen) atoms. The van der Waals surface area contributed by atoms with Gasteiger partial charge in [-0.15, -0.1) is 0 Å². The Kier molecular flexibility index (Phi) is 17.7. The van der Waals surface area contributed by atoms with Crippen LogP contribution in [0.3, 0.4) is 0 Å². The molecule has 2 rings (SSSR count). The van der Waals surface area contributed by atoms with Crippen LogP contribution in [0.25, 0.3) is 0 Å². The summed E-state index contributed by atoms with van der Waals surface area (Å²) >= 11 is 0.492. The Hall–Kier alpha value is -0.838. The van der Waals surface area contributed by atoms with E-state index >= 15 is 0 Å². The third-order valence-corrected chi connectivity index (χ3v) is 5.40. The summed E-state index contributed by atoms with van der Waals surface area (Å²) in [4.78, 5) is 25.3. The van der Waals surface area contributed by atoms with Gasteiger partial charge in [0.25, 0.3) is 0 Å². The van der Waals surface area contributed by atoms with Gasteiger partial charge in [0, 0.05) is 0 Å². The average molecular weight is 624 g/mol. The second-order valence-corrected chi connectivity index (χ2v) is 7.52. The molecule has 0 amide bonds. The summed E-state index contributed by atoms with van der Waals surface area (Å²) in [5, 5.41) is 8.36. The van der Waals surface area contributed by atoms with Crippen molar-refractivity contribution in [1.29, 1.82) is 5.26 Å². The van der Waals surface area contributed by atoms with Crippen LogP contribution in [-0.4, -0.2) is 59.8 Å². The second-order valence-electron chi connectivity index (χ2n) is 4.94. The molecule has 12 heteroatoms. The predicted octanol–water partition coefficient (Wildman–Crippen LogP) is 3.15. The van der Waals surface area contributed by atoms with E-state index in [1.54, 1.807) is 18.3 Å². The zero-order valence-electron chi connectivity index (χ0n) is 16.7. The van der Waals surface area contributed by atoms with Gasteiger partial charge in [-0.2, -0.15) is 5.26 Å². The fourth-order valence-corrected chi connectivity index (χ4v) is 3.52. The van der Waals surface area contributed by atoms with E-state index in [0.717, 1.165) is 0 Å². The molecule has 1 aliphatic heterocycles. The molecule has 164 valence electrons. The number of hydrogen-bond donors (Lipinski definition) is 2. The third kappa shape index (κ3) is 11.2. The summed E-state index contributed by atoms with van der Waals surface area (Å²) in [6, 6.07) is 3.49. The zero-order chi connectivity index (χ0) is 21.6. The van der Waals surface area contributed by atoms with Gasteiger partial charge in [0.1, 0.15) is 0 Å². The van der Waals surface area contributed by atoms with Gasteiger partial charge in [0.15, 0.2) is 0 Å². The Morgan fingerprint density at radius 2 is 2.07 bits per heavy atom. The van der Waals surface area contributed by atoms with Crippen LogP contribution in [0.2, 0.25) is 0 Å². The van der Waals surface area contributed by atoms with Crippen molar-refractivity contribution >= 4 is 39.7 Å². The minimum absolute atomic E-state index is 0. The Balaban J connectivity index is 0. The molecule has 1 aromatic heterocycles. The number of rotatable bonds is 8. The standard InChI is InChI=1S/C12H17N4O6P.2C2H6.CH4.Tl/c13-5-1-7-20-23(18,19)21-8-9-2-3-11(22-9)16-6-4-10(14)15-12(16)17;2*1-2;;/h4,6,9,11H,1-3,7-8H2,(H3,14,15,17,18,19);2*1-2H3;1H4;/q;;;;+1/p-1. The number of aromatic nitrogens is 2. The van der Waals surface area contributed by atoms with E-state index in [1.807, 2.05) is 27.7 Å². The van der Waals surface area contributed by atoms with Crippen LogP contribution >= 0.6 is 7.82 Å². The molecule has 0 aliphatic carbocycles. The van der Waals surface area contributed by atoms with E-state index in [4.69, 9.17) is 14.5 Å².